The number of fused-ring (bicyclic) bond motifs is 5. The molecule has 3 aromatic heterocycles. The first-order valence-corrected chi connectivity index (χ1v) is 31.0. The number of nitrogens with zero attached hydrogens (tertiary/aromatic N) is 5. The maximum absolute atomic E-state index is 13.0. The van der Waals surface area contributed by atoms with Crippen molar-refractivity contribution in [3.05, 3.63) is 222 Å². The molecule has 0 N–H and O–H groups in total. The van der Waals surface area contributed by atoms with Gasteiger partial charge in [0.2, 0.25) is 0 Å². The molecule has 0 atom stereocenters. The zero-order chi connectivity index (χ0) is 57.1. The summed E-state index contributed by atoms with van der Waals surface area (Å²) < 4.78 is 50.1. The number of aromatic nitrogens is 4. The van der Waals surface area contributed by atoms with Gasteiger partial charge in [-0.05, 0) is 111 Å². The van der Waals surface area contributed by atoms with Crippen molar-refractivity contribution in [2.75, 3.05) is 0 Å². The average Bonchev–Trinajstić information content (AvgIpc) is 2.55. The van der Waals surface area contributed by atoms with Gasteiger partial charge in [0.25, 0.3) is 0 Å². The molecule has 12 aromatic rings. The normalized spacial score (nSPS) is 12.1. The fourth-order valence-electron chi connectivity index (χ4n) is 11.0. The number of halogens is 3. The van der Waals surface area contributed by atoms with Gasteiger partial charge in [0, 0.05) is 42.4 Å². The van der Waals surface area contributed by atoms with E-state index in [1.165, 1.54) is 33.5 Å². The number of hydrogen-bond acceptors (Lipinski definition) is 4. The van der Waals surface area contributed by atoms with Gasteiger partial charge in [0.15, 0.2) is 0 Å². The first kappa shape index (κ1) is 57.1. The van der Waals surface area contributed by atoms with Crippen LogP contribution in [0.2, 0.25) is 19.6 Å². The molecular weight excluding hydrogens is 1220 g/mol. The molecule has 11 heteroatoms. The zero-order valence-electron chi connectivity index (χ0n) is 47.6. The van der Waals surface area contributed by atoms with Crippen molar-refractivity contribution < 1.29 is 37.7 Å². The quantitative estimate of drug-likeness (QED) is 0.107. The van der Waals surface area contributed by atoms with E-state index in [9.17, 15) is 18.4 Å². The standard InChI is InChI=1S/C47H42N3OSi.C24H20F3N2.Ir/c1-29(2)38-24-33(31-14-9-8-10-15-31)25-39(30(3)4)45(38)50-43-19-12-11-18-42(43)49-47(50)37-17-13-16-36-41-26-34(28-48)40(27-44(41)51-46(36)37)32-20-22-35(23-21-32)52(5,6)7;1-23(2,3)18-8-4-6-10-20(18)29-21-11-7-5-9-19(21)28-22(29)16-12-14-17(15-13-16)24(25,26)27;/h8-16,18-27,29-30H,1-7H3;4-12,14-15H,1-3H3;/q2*-1;. The Hall–Kier alpha value is -8.13. The van der Waals surface area contributed by atoms with Crippen LogP contribution in [0.15, 0.2) is 186 Å². The van der Waals surface area contributed by atoms with E-state index in [2.05, 4.69) is 182 Å². The van der Waals surface area contributed by atoms with Crippen molar-refractivity contribution >= 4 is 57.3 Å². The molecule has 12 rings (SSSR count). The van der Waals surface area contributed by atoms with Gasteiger partial charge in [-0.1, -0.05) is 181 Å². The third-order valence-corrected chi connectivity index (χ3v) is 17.2. The van der Waals surface area contributed by atoms with Gasteiger partial charge >= 0.3 is 6.18 Å². The van der Waals surface area contributed by atoms with Gasteiger partial charge < -0.3 is 13.6 Å². The largest absolute Gasteiger partial charge is 0.501 e. The SMILES string of the molecule is CC(C)(C)c1ccccc1-n1c(-c2[c-]cc(C(F)(F)F)cc2)nc2ccccc21.CC(C)c1cc(-c2ccccc2)cc(C(C)C)c1-n1c(-c2[c-]ccc3c2oc2cc(-c4ccc([Si](C)(C)C)cc4)c(C#N)cc23)nc2ccccc21.[Ir]. The molecule has 0 saturated heterocycles. The smallest absolute Gasteiger partial charge is 0.381 e. The molecule has 0 unspecified atom stereocenters. The molecule has 1 radical (unpaired) electrons. The van der Waals surface area contributed by atoms with Crippen LogP contribution in [-0.4, -0.2) is 27.2 Å². The molecular formula is C71H62F3IrN5OSi-2. The molecule has 0 spiro atoms. The van der Waals surface area contributed by atoms with Crippen LogP contribution in [0, 0.1) is 23.5 Å². The molecule has 0 saturated carbocycles. The van der Waals surface area contributed by atoms with Crippen molar-refractivity contribution in [1.29, 1.82) is 5.26 Å². The predicted octanol–water partition coefficient (Wildman–Crippen LogP) is 19.2. The van der Waals surface area contributed by atoms with Crippen LogP contribution in [0.25, 0.3) is 100 Å². The minimum atomic E-state index is -4.39. The number of rotatable bonds is 9. The summed E-state index contributed by atoms with van der Waals surface area (Å²) in [7, 11) is -1.46. The van der Waals surface area contributed by atoms with E-state index in [0.717, 1.165) is 90.0 Å². The van der Waals surface area contributed by atoms with E-state index in [-0.39, 0.29) is 37.4 Å². The third-order valence-electron chi connectivity index (χ3n) is 15.2. The average molecular weight is 1280 g/mol. The van der Waals surface area contributed by atoms with E-state index in [4.69, 9.17) is 14.4 Å². The van der Waals surface area contributed by atoms with Crippen LogP contribution in [0.3, 0.4) is 0 Å². The summed E-state index contributed by atoms with van der Waals surface area (Å²) in [4.78, 5) is 10.0. The van der Waals surface area contributed by atoms with Gasteiger partial charge in [0.05, 0.1) is 59.0 Å². The first-order chi connectivity index (χ1) is 38.7. The molecule has 3 heterocycles. The van der Waals surface area contributed by atoms with Crippen LogP contribution < -0.4 is 5.19 Å². The maximum atomic E-state index is 13.0. The summed E-state index contributed by atoms with van der Waals surface area (Å²) in [6, 6.07) is 68.5. The van der Waals surface area contributed by atoms with Crippen LogP contribution in [0.1, 0.15) is 88.1 Å². The molecule has 0 amide bonds. The van der Waals surface area contributed by atoms with Gasteiger partial charge in [-0.25, -0.2) is 0 Å². The second kappa shape index (κ2) is 22.3. The molecule has 0 bridgehead atoms. The Labute approximate surface area is 492 Å². The Morgan fingerprint density at radius 3 is 1.79 bits per heavy atom. The molecule has 9 aromatic carbocycles. The number of hydrogen-bond donors (Lipinski definition) is 0. The summed E-state index contributed by atoms with van der Waals surface area (Å²) in [6.45, 7) is 22.5. The van der Waals surface area contributed by atoms with Gasteiger partial charge in [-0.15, -0.1) is 48.0 Å². The van der Waals surface area contributed by atoms with Crippen molar-refractivity contribution in [1.82, 2.24) is 19.1 Å². The molecule has 82 heavy (non-hydrogen) atoms. The van der Waals surface area contributed by atoms with E-state index >= 15 is 0 Å². The Bertz CT molecular complexity index is 4330. The van der Waals surface area contributed by atoms with Crippen LogP contribution in [0.5, 0.6) is 0 Å². The number of benzene rings is 9. The van der Waals surface area contributed by atoms with E-state index in [1.54, 1.807) is 0 Å². The Morgan fingerprint density at radius 1 is 0.610 bits per heavy atom. The molecule has 0 aliphatic heterocycles. The maximum Gasteiger partial charge on any atom is 0.381 e. The summed E-state index contributed by atoms with van der Waals surface area (Å²) in [6.07, 6.45) is -4.39. The van der Waals surface area contributed by atoms with Crippen molar-refractivity contribution in [2.45, 2.75) is 91.5 Å². The van der Waals surface area contributed by atoms with Crippen molar-refractivity contribution in [2.24, 2.45) is 0 Å². The summed E-state index contributed by atoms with van der Waals surface area (Å²) in [5, 5.41) is 13.6. The number of nitriles is 1. The first-order valence-electron chi connectivity index (χ1n) is 27.5. The minimum absolute atomic E-state index is 0. The van der Waals surface area contributed by atoms with Gasteiger partial charge in [-0.3, -0.25) is 9.97 Å². The Kier molecular flexibility index (Phi) is 15.5. The number of para-hydroxylation sites is 5. The topological polar surface area (TPSA) is 72.6 Å². The van der Waals surface area contributed by atoms with Gasteiger partial charge in [0.1, 0.15) is 5.58 Å². The molecule has 0 aliphatic rings. The fourth-order valence-corrected chi connectivity index (χ4v) is 12.1. The Morgan fingerprint density at radius 2 is 1.21 bits per heavy atom. The predicted molar refractivity (Wildman–Crippen MR) is 328 cm³/mol. The zero-order valence-corrected chi connectivity index (χ0v) is 51.0. The number of imidazole rings is 2. The molecule has 0 fully saturated rings. The van der Waals surface area contributed by atoms with Crippen molar-refractivity contribution in [3.63, 3.8) is 0 Å². The van der Waals surface area contributed by atoms with Crippen molar-refractivity contribution in [3.8, 4) is 62.5 Å². The molecule has 6 nitrogen and oxygen atoms in total. The fraction of sp³-hybridized carbons (Fsp3) is 0.197. The molecule has 413 valence electrons. The Balaban J connectivity index is 0.000000213. The van der Waals surface area contributed by atoms with Crippen LogP contribution in [-0.2, 0) is 31.7 Å². The van der Waals surface area contributed by atoms with Gasteiger partial charge in [-0.2, -0.15) is 18.4 Å². The minimum Gasteiger partial charge on any atom is -0.501 e. The summed E-state index contributed by atoms with van der Waals surface area (Å²) >= 11 is 0. The molecule has 0 aliphatic carbocycles. The second-order valence-electron chi connectivity index (χ2n) is 23.5. The summed E-state index contributed by atoms with van der Waals surface area (Å²) in [5.41, 5.74) is 16.2. The number of alkyl halides is 3. The third kappa shape index (κ3) is 10.8. The van der Waals surface area contributed by atoms with E-state index in [1.807, 2.05) is 77.4 Å². The van der Waals surface area contributed by atoms with E-state index in [0.29, 0.717) is 22.5 Å². The van der Waals surface area contributed by atoms with E-state index < -0.39 is 19.8 Å². The monoisotopic (exact) mass is 1280 g/mol. The number of furan rings is 1. The van der Waals surface area contributed by atoms with Crippen LogP contribution in [0.4, 0.5) is 13.2 Å². The summed E-state index contributed by atoms with van der Waals surface area (Å²) in [5.74, 6) is 1.85. The van der Waals surface area contributed by atoms with Crippen LogP contribution >= 0.6 is 0 Å². The second-order valence-corrected chi connectivity index (χ2v) is 28.6.